The predicted molar refractivity (Wildman–Crippen MR) is 84.7 cm³/mol. The molecule has 21 heavy (non-hydrogen) atoms. The average Bonchev–Trinajstić information content (AvgIpc) is 2.46. The fraction of sp³-hybridized carbons (Fsp3) is 0.588. The number of hydrogen-bond donors (Lipinski definition) is 1. The van der Waals surface area contributed by atoms with Crippen molar-refractivity contribution in [2.24, 2.45) is 0 Å². The summed E-state index contributed by atoms with van der Waals surface area (Å²) in [7, 11) is 0. The van der Waals surface area contributed by atoms with Crippen molar-refractivity contribution >= 4 is 5.97 Å². The van der Waals surface area contributed by atoms with Crippen molar-refractivity contribution in [3.63, 3.8) is 0 Å². The standard InChI is InChI=1S/C17H27NO3/c1-6-10-18-17(5,16(19)20-7-2)12-21-15-9-8-13(3)14(4)11-15/h8-9,11,18H,6-7,10,12H2,1-5H3. The van der Waals surface area contributed by atoms with Crippen LogP contribution in [0, 0.1) is 13.8 Å². The van der Waals surface area contributed by atoms with Crippen LogP contribution in [0.2, 0.25) is 0 Å². The predicted octanol–water partition coefficient (Wildman–Crippen LogP) is 3.00. The van der Waals surface area contributed by atoms with Gasteiger partial charge >= 0.3 is 5.97 Å². The highest BCUT2D eigenvalue weighted by Gasteiger charge is 2.35. The van der Waals surface area contributed by atoms with Gasteiger partial charge in [-0.1, -0.05) is 13.0 Å². The van der Waals surface area contributed by atoms with Crippen molar-refractivity contribution in [1.82, 2.24) is 5.32 Å². The van der Waals surface area contributed by atoms with Gasteiger partial charge in [-0.3, -0.25) is 5.32 Å². The third kappa shape index (κ3) is 5.05. The lowest BCUT2D eigenvalue weighted by Gasteiger charge is -2.28. The second kappa shape index (κ2) is 8.03. The molecule has 4 nitrogen and oxygen atoms in total. The highest BCUT2D eigenvalue weighted by Crippen LogP contribution is 2.18. The molecule has 0 aliphatic rings. The monoisotopic (exact) mass is 293 g/mol. The molecule has 0 aliphatic heterocycles. The van der Waals surface area contributed by atoms with Crippen LogP contribution in [0.1, 0.15) is 38.3 Å². The minimum atomic E-state index is -0.829. The molecule has 1 aromatic rings. The molecule has 0 aromatic heterocycles. The molecule has 0 amide bonds. The van der Waals surface area contributed by atoms with Crippen LogP contribution >= 0.6 is 0 Å². The topological polar surface area (TPSA) is 47.6 Å². The van der Waals surface area contributed by atoms with Crippen LogP contribution in [0.3, 0.4) is 0 Å². The Morgan fingerprint density at radius 3 is 2.52 bits per heavy atom. The zero-order chi connectivity index (χ0) is 15.9. The van der Waals surface area contributed by atoms with Gasteiger partial charge in [-0.2, -0.15) is 0 Å². The van der Waals surface area contributed by atoms with Crippen LogP contribution < -0.4 is 10.1 Å². The zero-order valence-electron chi connectivity index (χ0n) is 13.8. The van der Waals surface area contributed by atoms with E-state index < -0.39 is 5.54 Å². The number of benzene rings is 1. The number of ether oxygens (including phenoxy) is 2. The number of carbonyl (C=O) groups is 1. The van der Waals surface area contributed by atoms with E-state index in [1.165, 1.54) is 11.1 Å². The molecule has 1 N–H and O–H groups in total. The zero-order valence-corrected chi connectivity index (χ0v) is 13.8. The summed E-state index contributed by atoms with van der Waals surface area (Å²) in [6, 6.07) is 5.93. The van der Waals surface area contributed by atoms with Crippen molar-refractivity contribution in [2.75, 3.05) is 19.8 Å². The van der Waals surface area contributed by atoms with E-state index >= 15 is 0 Å². The molecule has 1 aromatic carbocycles. The highest BCUT2D eigenvalue weighted by molar-refractivity contribution is 5.80. The highest BCUT2D eigenvalue weighted by atomic mass is 16.5. The van der Waals surface area contributed by atoms with Crippen LogP contribution in [0.4, 0.5) is 0 Å². The Labute approximate surface area is 127 Å². The number of rotatable bonds is 8. The largest absolute Gasteiger partial charge is 0.491 e. The van der Waals surface area contributed by atoms with Gasteiger partial charge in [0.25, 0.3) is 0 Å². The van der Waals surface area contributed by atoms with Gasteiger partial charge < -0.3 is 9.47 Å². The molecule has 0 saturated heterocycles. The maximum absolute atomic E-state index is 12.1. The van der Waals surface area contributed by atoms with Crippen molar-refractivity contribution in [3.8, 4) is 5.75 Å². The van der Waals surface area contributed by atoms with Crippen LogP contribution in [0.15, 0.2) is 18.2 Å². The molecule has 0 radical (unpaired) electrons. The number of hydrogen-bond acceptors (Lipinski definition) is 4. The Balaban J connectivity index is 2.76. The maximum atomic E-state index is 12.1. The van der Waals surface area contributed by atoms with E-state index in [1.807, 2.05) is 39.0 Å². The number of nitrogens with one attached hydrogen (secondary N) is 1. The van der Waals surface area contributed by atoms with Crippen molar-refractivity contribution in [2.45, 2.75) is 46.6 Å². The van der Waals surface area contributed by atoms with Gasteiger partial charge in [0.05, 0.1) is 6.61 Å². The first-order valence-corrected chi connectivity index (χ1v) is 7.55. The first-order chi connectivity index (χ1) is 9.92. The minimum Gasteiger partial charge on any atom is -0.491 e. The second-order valence-corrected chi connectivity index (χ2v) is 5.51. The maximum Gasteiger partial charge on any atom is 0.329 e. The summed E-state index contributed by atoms with van der Waals surface area (Å²) >= 11 is 0. The summed E-state index contributed by atoms with van der Waals surface area (Å²) in [6.45, 7) is 11.1. The van der Waals surface area contributed by atoms with Crippen molar-refractivity contribution < 1.29 is 14.3 Å². The van der Waals surface area contributed by atoms with E-state index in [1.54, 1.807) is 0 Å². The van der Waals surface area contributed by atoms with Crippen LogP contribution in [0.5, 0.6) is 5.75 Å². The molecular weight excluding hydrogens is 266 g/mol. The van der Waals surface area contributed by atoms with Gasteiger partial charge in [-0.15, -0.1) is 0 Å². The van der Waals surface area contributed by atoms with Gasteiger partial charge in [0.15, 0.2) is 0 Å². The second-order valence-electron chi connectivity index (χ2n) is 5.51. The first-order valence-electron chi connectivity index (χ1n) is 7.55. The summed E-state index contributed by atoms with van der Waals surface area (Å²) in [5.41, 5.74) is 1.57. The number of carbonyl (C=O) groups excluding carboxylic acids is 1. The molecule has 1 rings (SSSR count). The SMILES string of the molecule is CCCNC(C)(COc1ccc(C)c(C)c1)C(=O)OCC. The third-order valence-electron chi connectivity index (χ3n) is 3.50. The third-order valence-corrected chi connectivity index (χ3v) is 3.50. The summed E-state index contributed by atoms with van der Waals surface area (Å²) in [6.07, 6.45) is 0.943. The average molecular weight is 293 g/mol. The number of esters is 1. The molecule has 118 valence electrons. The molecule has 1 unspecified atom stereocenters. The number of aryl methyl sites for hydroxylation is 2. The summed E-state index contributed by atoms with van der Waals surface area (Å²) in [4.78, 5) is 12.1. The molecule has 0 bridgehead atoms. The molecule has 0 spiro atoms. The quantitative estimate of drug-likeness (QED) is 0.749. The molecule has 0 saturated carbocycles. The molecular formula is C17H27NO3. The van der Waals surface area contributed by atoms with E-state index in [0.717, 1.165) is 18.7 Å². The summed E-state index contributed by atoms with van der Waals surface area (Å²) in [5.74, 6) is 0.495. The van der Waals surface area contributed by atoms with Gasteiger partial charge in [0.2, 0.25) is 0 Å². The smallest absolute Gasteiger partial charge is 0.329 e. The van der Waals surface area contributed by atoms with Crippen LogP contribution in [-0.2, 0) is 9.53 Å². The van der Waals surface area contributed by atoms with Gasteiger partial charge in [-0.25, -0.2) is 4.79 Å². The first kappa shape index (κ1) is 17.5. The van der Waals surface area contributed by atoms with Gasteiger partial charge in [-0.05, 0) is 63.9 Å². The van der Waals surface area contributed by atoms with Crippen molar-refractivity contribution in [3.05, 3.63) is 29.3 Å². The minimum absolute atomic E-state index is 0.244. The fourth-order valence-corrected chi connectivity index (χ4v) is 1.90. The van der Waals surface area contributed by atoms with Gasteiger partial charge in [0, 0.05) is 0 Å². The fourth-order valence-electron chi connectivity index (χ4n) is 1.90. The molecule has 0 heterocycles. The molecule has 0 aliphatic carbocycles. The Morgan fingerprint density at radius 1 is 1.24 bits per heavy atom. The van der Waals surface area contributed by atoms with E-state index in [2.05, 4.69) is 19.2 Å². The van der Waals surface area contributed by atoms with Crippen molar-refractivity contribution in [1.29, 1.82) is 0 Å². The normalized spacial score (nSPS) is 13.6. The lowest BCUT2D eigenvalue weighted by atomic mass is 10.0. The lowest BCUT2D eigenvalue weighted by molar-refractivity contribution is -0.151. The van der Waals surface area contributed by atoms with E-state index in [-0.39, 0.29) is 12.6 Å². The molecule has 0 fully saturated rings. The Morgan fingerprint density at radius 2 is 1.95 bits per heavy atom. The Hall–Kier alpha value is -1.55. The Bertz CT molecular complexity index is 473. The molecule has 1 atom stereocenters. The van der Waals surface area contributed by atoms with E-state index in [9.17, 15) is 4.79 Å². The molecule has 4 heteroatoms. The van der Waals surface area contributed by atoms with Gasteiger partial charge in [0.1, 0.15) is 17.9 Å². The summed E-state index contributed by atoms with van der Waals surface area (Å²) in [5, 5.41) is 3.23. The van der Waals surface area contributed by atoms with E-state index in [0.29, 0.717) is 6.61 Å². The lowest BCUT2D eigenvalue weighted by Crippen LogP contribution is -2.55. The van der Waals surface area contributed by atoms with E-state index in [4.69, 9.17) is 9.47 Å². The Kier molecular flexibility index (Phi) is 6.69. The summed E-state index contributed by atoms with van der Waals surface area (Å²) < 4.78 is 11.0. The van der Waals surface area contributed by atoms with Crippen LogP contribution in [-0.4, -0.2) is 31.3 Å². The van der Waals surface area contributed by atoms with Crippen LogP contribution in [0.25, 0.3) is 0 Å².